The molecular weight excluding hydrogens is 186 g/mol. The minimum Gasteiger partial charge on any atom is -0.411 e. The second kappa shape index (κ2) is 4.07. The Labute approximate surface area is 91.7 Å². The van der Waals surface area contributed by atoms with Gasteiger partial charge in [-0.3, -0.25) is 0 Å². The normalized spacial score (nSPS) is 11.3. The van der Waals surface area contributed by atoms with Crippen LogP contribution < -0.4 is 10.7 Å². The highest BCUT2D eigenvalue weighted by Gasteiger charge is 2.18. The molecule has 0 aliphatic rings. The Balaban J connectivity index is 3.39. The SMILES string of the molecule is C=Cc1cc(C(C)(C)C)c(C)cc1ON. The van der Waals surface area contributed by atoms with Gasteiger partial charge in [0.2, 0.25) is 0 Å². The molecule has 0 heterocycles. The van der Waals surface area contributed by atoms with Gasteiger partial charge >= 0.3 is 0 Å². The van der Waals surface area contributed by atoms with E-state index in [4.69, 9.17) is 10.7 Å². The smallest absolute Gasteiger partial charge is 0.154 e. The quantitative estimate of drug-likeness (QED) is 0.752. The molecule has 0 aliphatic heterocycles. The molecule has 0 atom stereocenters. The van der Waals surface area contributed by atoms with Crippen molar-refractivity contribution < 1.29 is 4.84 Å². The van der Waals surface area contributed by atoms with Gasteiger partial charge in [0, 0.05) is 5.56 Å². The van der Waals surface area contributed by atoms with E-state index in [-0.39, 0.29) is 5.41 Å². The van der Waals surface area contributed by atoms with Gasteiger partial charge < -0.3 is 4.84 Å². The first-order valence-electron chi connectivity index (χ1n) is 5.04. The highest BCUT2D eigenvalue weighted by Crippen LogP contribution is 2.31. The van der Waals surface area contributed by atoms with Crippen LogP contribution in [0.2, 0.25) is 0 Å². The summed E-state index contributed by atoms with van der Waals surface area (Å²) < 4.78 is 0. The van der Waals surface area contributed by atoms with Gasteiger partial charge in [-0.1, -0.05) is 33.4 Å². The first-order chi connectivity index (χ1) is 6.90. The number of benzene rings is 1. The molecule has 2 nitrogen and oxygen atoms in total. The van der Waals surface area contributed by atoms with Gasteiger partial charge in [-0.25, -0.2) is 0 Å². The van der Waals surface area contributed by atoms with Gasteiger partial charge in [0.1, 0.15) is 0 Å². The molecule has 0 fully saturated rings. The van der Waals surface area contributed by atoms with Crippen molar-refractivity contribution in [2.75, 3.05) is 0 Å². The number of rotatable bonds is 2. The summed E-state index contributed by atoms with van der Waals surface area (Å²) in [4.78, 5) is 4.81. The molecule has 0 unspecified atom stereocenters. The van der Waals surface area contributed by atoms with E-state index < -0.39 is 0 Å². The van der Waals surface area contributed by atoms with Crippen LogP contribution >= 0.6 is 0 Å². The third-order valence-electron chi connectivity index (χ3n) is 2.51. The molecule has 2 N–H and O–H groups in total. The van der Waals surface area contributed by atoms with E-state index in [1.807, 2.05) is 6.07 Å². The van der Waals surface area contributed by atoms with Crippen LogP contribution in [0.1, 0.15) is 37.5 Å². The lowest BCUT2D eigenvalue weighted by Crippen LogP contribution is -2.14. The van der Waals surface area contributed by atoms with Crippen LogP contribution in [0.4, 0.5) is 0 Å². The molecule has 0 spiro atoms. The molecule has 0 radical (unpaired) electrons. The standard InChI is InChI=1S/C13H19NO/c1-6-10-8-11(13(3,4)5)9(2)7-12(10)15-14/h6-8H,1,14H2,2-5H3. The molecule has 0 saturated heterocycles. The lowest BCUT2D eigenvalue weighted by molar-refractivity contribution is 0.333. The third kappa shape index (κ3) is 2.39. The molecule has 0 bridgehead atoms. The van der Waals surface area contributed by atoms with Crippen LogP contribution in [0.3, 0.4) is 0 Å². The van der Waals surface area contributed by atoms with Crippen molar-refractivity contribution in [3.05, 3.63) is 35.4 Å². The highest BCUT2D eigenvalue weighted by molar-refractivity contribution is 5.59. The molecule has 82 valence electrons. The average Bonchev–Trinajstić information content (AvgIpc) is 2.15. The Kier molecular flexibility index (Phi) is 3.20. The van der Waals surface area contributed by atoms with E-state index in [0.717, 1.165) is 5.56 Å². The van der Waals surface area contributed by atoms with Gasteiger partial charge in [0.15, 0.2) is 5.75 Å². The fourth-order valence-electron chi connectivity index (χ4n) is 1.77. The minimum atomic E-state index is 0.120. The van der Waals surface area contributed by atoms with Crippen molar-refractivity contribution >= 4 is 6.08 Å². The van der Waals surface area contributed by atoms with Gasteiger partial charge in [0.25, 0.3) is 0 Å². The first-order valence-corrected chi connectivity index (χ1v) is 5.04. The molecule has 15 heavy (non-hydrogen) atoms. The molecule has 2 heteroatoms. The maximum atomic E-state index is 5.21. The summed E-state index contributed by atoms with van der Waals surface area (Å²) >= 11 is 0. The number of hydrogen-bond donors (Lipinski definition) is 1. The lowest BCUT2D eigenvalue weighted by Gasteiger charge is -2.23. The van der Waals surface area contributed by atoms with Crippen LogP contribution in [0, 0.1) is 6.92 Å². The summed E-state index contributed by atoms with van der Waals surface area (Å²) in [6, 6.07) is 4.04. The predicted molar refractivity (Wildman–Crippen MR) is 64.8 cm³/mol. The van der Waals surface area contributed by atoms with E-state index in [0.29, 0.717) is 5.75 Å². The maximum Gasteiger partial charge on any atom is 0.154 e. The zero-order valence-corrected chi connectivity index (χ0v) is 9.92. The molecule has 1 aromatic rings. The van der Waals surface area contributed by atoms with Crippen molar-refractivity contribution in [2.24, 2.45) is 5.90 Å². The van der Waals surface area contributed by atoms with Crippen molar-refractivity contribution in [3.8, 4) is 5.75 Å². The molecule has 1 rings (SSSR count). The molecule has 0 aromatic heterocycles. The van der Waals surface area contributed by atoms with Gasteiger partial charge in [0.05, 0.1) is 0 Å². The van der Waals surface area contributed by atoms with E-state index in [1.165, 1.54) is 11.1 Å². The van der Waals surface area contributed by atoms with Crippen molar-refractivity contribution in [2.45, 2.75) is 33.1 Å². The minimum absolute atomic E-state index is 0.120. The fraction of sp³-hybridized carbons (Fsp3) is 0.385. The summed E-state index contributed by atoms with van der Waals surface area (Å²) in [5, 5.41) is 0. The Hall–Kier alpha value is -1.28. The molecule has 0 aliphatic carbocycles. The van der Waals surface area contributed by atoms with Crippen LogP contribution in [-0.2, 0) is 5.41 Å². The zero-order valence-electron chi connectivity index (χ0n) is 9.92. The van der Waals surface area contributed by atoms with Crippen LogP contribution in [-0.4, -0.2) is 0 Å². The van der Waals surface area contributed by atoms with E-state index in [9.17, 15) is 0 Å². The number of aryl methyl sites for hydroxylation is 1. The van der Waals surface area contributed by atoms with Gasteiger partial charge in [-0.2, -0.15) is 5.90 Å². The first kappa shape index (κ1) is 11.8. The van der Waals surface area contributed by atoms with Crippen molar-refractivity contribution in [1.82, 2.24) is 0 Å². The second-order valence-electron chi connectivity index (χ2n) is 4.78. The van der Waals surface area contributed by atoms with E-state index in [1.54, 1.807) is 6.08 Å². The molecule has 0 amide bonds. The Morgan fingerprint density at radius 3 is 2.33 bits per heavy atom. The van der Waals surface area contributed by atoms with Crippen molar-refractivity contribution in [1.29, 1.82) is 0 Å². The molecule has 0 saturated carbocycles. The largest absolute Gasteiger partial charge is 0.411 e. The molecular formula is C13H19NO. The second-order valence-corrected chi connectivity index (χ2v) is 4.78. The highest BCUT2D eigenvalue weighted by atomic mass is 16.6. The summed E-state index contributed by atoms with van der Waals surface area (Å²) in [6.07, 6.45) is 1.76. The van der Waals surface area contributed by atoms with Crippen LogP contribution in [0.25, 0.3) is 6.08 Å². The average molecular weight is 205 g/mol. The lowest BCUT2D eigenvalue weighted by atomic mass is 9.83. The third-order valence-corrected chi connectivity index (χ3v) is 2.51. The summed E-state index contributed by atoms with van der Waals surface area (Å²) in [7, 11) is 0. The maximum absolute atomic E-state index is 5.21. The summed E-state index contributed by atoms with van der Waals surface area (Å²) in [6.45, 7) is 12.4. The summed E-state index contributed by atoms with van der Waals surface area (Å²) in [5.41, 5.74) is 3.54. The Morgan fingerprint density at radius 2 is 1.93 bits per heavy atom. The predicted octanol–water partition coefficient (Wildman–Crippen LogP) is 3.19. The number of hydrogen-bond acceptors (Lipinski definition) is 2. The van der Waals surface area contributed by atoms with Crippen LogP contribution in [0.5, 0.6) is 5.75 Å². The van der Waals surface area contributed by atoms with Crippen LogP contribution in [0.15, 0.2) is 18.7 Å². The Bertz CT molecular complexity index is 375. The monoisotopic (exact) mass is 205 g/mol. The Morgan fingerprint density at radius 1 is 1.33 bits per heavy atom. The van der Waals surface area contributed by atoms with E-state index >= 15 is 0 Å². The topological polar surface area (TPSA) is 35.2 Å². The van der Waals surface area contributed by atoms with Crippen molar-refractivity contribution in [3.63, 3.8) is 0 Å². The van der Waals surface area contributed by atoms with Gasteiger partial charge in [-0.05, 0) is 35.6 Å². The molecule has 1 aromatic carbocycles. The zero-order chi connectivity index (χ0) is 11.6. The fourth-order valence-corrected chi connectivity index (χ4v) is 1.77. The van der Waals surface area contributed by atoms with E-state index in [2.05, 4.69) is 40.3 Å². The van der Waals surface area contributed by atoms with Gasteiger partial charge in [-0.15, -0.1) is 0 Å². The number of nitrogens with two attached hydrogens (primary N) is 1. The summed E-state index contributed by atoms with van der Waals surface area (Å²) in [5.74, 6) is 5.88.